The molecule has 7 nitrogen and oxygen atoms in total. The summed E-state index contributed by atoms with van der Waals surface area (Å²) in [5.74, 6) is -0.549. The molecule has 3 heterocycles. The van der Waals surface area contributed by atoms with Crippen LogP contribution in [0.3, 0.4) is 0 Å². The number of ether oxygens (including phenoxy) is 1. The number of rotatable bonds is 3. The molecule has 4 rings (SSSR count). The predicted molar refractivity (Wildman–Crippen MR) is 93.0 cm³/mol. The minimum Gasteiger partial charge on any atom is -0.457 e. The van der Waals surface area contributed by atoms with Crippen LogP contribution in [-0.4, -0.2) is 60.0 Å². The summed E-state index contributed by atoms with van der Waals surface area (Å²) >= 11 is 0. The number of aromatic nitrogens is 2. The number of piperidine rings is 1. The second-order valence-corrected chi connectivity index (χ2v) is 8.83. The van der Waals surface area contributed by atoms with Crippen LogP contribution in [-0.2, 0) is 14.8 Å². The predicted octanol–water partition coefficient (Wildman–Crippen LogP) is 1.63. The van der Waals surface area contributed by atoms with E-state index in [4.69, 9.17) is 4.74 Å². The summed E-state index contributed by atoms with van der Waals surface area (Å²) in [4.78, 5) is 15.0. The van der Waals surface area contributed by atoms with Gasteiger partial charge in [0.2, 0.25) is 0 Å². The van der Waals surface area contributed by atoms with Gasteiger partial charge in [0.05, 0.1) is 11.8 Å². The van der Waals surface area contributed by atoms with Gasteiger partial charge in [-0.05, 0) is 26.0 Å². The molecule has 2 unspecified atom stereocenters. The van der Waals surface area contributed by atoms with Crippen molar-refractivity contribution in [3.05, 3.63) is 30.0 Å². The molecule has 25 heavy (non-hydrogen) atoms. The summed E-state index contributed by atoms with van der Waals surface area (Å²) in [6.45, 7) is 0. The number of carbonyl (C=O) groups is 1. The highest BCUT2D eigenvalue weighted by Gasteiger charge is 2.40. The second-order valence-electron chi connectivity index (χ2n) is 7.02. The van der Waals surface area contributed by atoms with E-state index in [9.17, 15) is 13.2 Å². The normalized spacial score (nSPS) is 26.9. The van der Waals surface area contributed by atoms with Gasteiger partial charge in [-0.15, -0.1) is 5.10 Å². The third kappa shape index (κ3) is 2.83. The first-order chi connectivity index (χ1) is 11.8. The lowest BCUT2D eigenvalue weighted by atomic mass is 10.0. The Kier molecular flexibility index (Phi) is 3.84. The molecular formula is C17H21N3O4S. The van der Waals surface area contributed by atoms with Crippen LogP contribution in [0.25, 0.3) is 10.9 Å². The zero-order chi connectivity index (χ0) is 17.8. The van der Waals surface area contributed by atoms with Gasteiger partial charge in [-0.3, -0.25) is 0 Å². The molecule has 0 radical (unpaired) electrons. The van der Waals surface area contributed by atoms with Gasteiger partial charge < -0.3 is 9.64 Å². The molecule has 134 valence electrons. The molecule has 8 heteroatoms. The minimum atomic E-state index is -3.60. The molecule has 2 bridgehead atoms. The maximum atomic E-state index is 12.7. The molecule has 0 spiro atoms. The lowest BCUT2D eigenvalue weighted by molar-refractivity contribution is -0.000823. The molecule has 0 amide bonds. The van der Waals surface area contributed by atoms with Crippen LogP contribution in [0.2, 0.25) is 0 Å². The van der Waals surface area contributed by atoms with E-state index in [0.717, 1.165) is 36.0 Å². The molecule has 2 aliphatic rings. The lowest BCUT2D eigenvalue weighted by Crippen LogP contribution is -2.43. The van der Waals surface area contributed by atoms with Gasteiger partial charge >= 0.3 is 5.97 Å². The molecule has 0 aliphatic carbocycles. The Hall–Kier alpha value is -1.93. The van der Waals surface area contributed by atoms with Crippen molar-refractivity contribution >= 4 is 26.9 Å². The first-order valence-electron chi connectivity index (χ1n) is 8.46. The number of hydrogen-bond donors (Lipinski definition) is 0. The summed E-state index contributed by atoms with van der Waals surface area (Å²) in [5.41, 5.74) is 0.452. The van der Waals surface area contributed by atoms with Gasteiger partial charge in [-0.25, -0.2) is 13.2 Å². The van der Waals surface area contributed by atoms with Gasteiger partial charge in [0.1, 0.15) is 6.10 Å². The Morgan fingerprint density at radius 2 is 1.84 bits per heavy atom. The molecular weight excluding hydrogens is 342 g/mol. The smallest absolute Gasteiger partial charge is 0.359 e. The molecule has 1 aromatic carbocycles. The average Bonchev–Trinajstić information content (AvgIpc) is 3.02. The van der Waals surface area contributed by atoms with Crippen molar-refractivity contribution in [3.63, 3.8) is 0 Å². The number of para-hydroxylation sites is 1. The van der Waals surface area contributed by atoms with Crippen molar-refractivity contribution < 1.29 is 17.9 Å². The Balaban J connectivity index is 1.63. The lowest BCUT2D eigenvalue weighted by Gasteiger charge is -2.35. The van der Waals surface area contributed by atoms with Gasteiger partial charge in [0.15, 0.2) is 5.69 Å². The fraction of sp³-hybridized carbons (Fsp3) is 0.529. The highest BCUT2D eigenvalue weighted by Crippen LogP contribution is 2.36. The number of benzene rings is 1. The zero-order valence-electron chi connectivity index (χ0n) is 14.3. The van der Waals surface area contributed by atoms with Gasteiger partial charge in [0, 0.05) is 30.3 Å². The third-order valence-electron chi connectivity index (χ3n) is 5.39. The molecule has 2 atom stereocenters. The van der Waals surface area contributed by atoms with Crippen LogP contribution in [0.4, 0.5) is 0 Å². The van der Waals surface area contributed by atoms with E-state index in [1.807, 2.05) is 0 Å². The molecule has 2 aromatic rings. The number of esters is 1. The van der Waals surface area contributed by atoms with Crippen molar-refractivity contribution in [2.45, 2.75) is 43.9 Å². The van der Waals surface area contributed by atoms with Crippen molar-refractivity contribution in [1.82, 2.24) is 14.1 Å². The maximum Gasteiger partial charge on any atom is 0.359 e. The molecule has 0 N–H and O–H groups in total. The van der Waals surface area contributed by atoms with Crippen LogP contribution in [0, 0.1) is 0 Å². The van der Waals surface area contributed by atoms with E-state index >= 15 is 0 Å². The summed E-state index contributed by atoms with van der Waals surface area (Å²) in [5, 5.41) is 4.53. The highest BCUT2D eigenvalue weighted by atomic mass is 32.2. The Morgan fingerprint density at radius 1 is 1.20 bits per heavy atom. The van der Waals surface area contributed by atoms with Gasteiger partial charge in [-0.1, -0.05) is 18.2 Å². The van der Waals surface area contributed by atoms with Gasteiger partial charge in [0.25, 0.3) is 10.0 Å². The van der Waals surface area contributed by atoms with E-state index in [1.54, 1.807) is 24.3 Å². The van der Waals surface area contributed by atoms with Crippen LogP contribution < -0.4 is 0 Å². The van der Waals surface area contributed by atoms with Gasteiger partial charge in [-0.2, -0.15) is 4.09 Å². The summed E-state index contributed by atoms with van der Waals surface area (Å²) < 4.78 is 30.5. The number of nitrogens with zero attached hydrogens (tertiary/aromatic N) is 3. The summed E-state index contributed by atoms with van der Waals surface area (Å²) in [6.07, 6.45) is 4.86. The van der Waals surface area contributed by atoms with Crippen molar-refractivity contribution in [2.24, 2.45) is 0 Å². The van der Waals surface area contributed by atoms with E-state index in [0.29, 0.717) is 23.0 Å². The quantitative estimate of drug-likeness (QED) is 0.771. The van der Waals surface area contributed by atoms with Crippen LogP contribution in [0.15, 0.2) is 24.3 Å². The van der Waals surface area contributed by atoms with E-state index in [-0.39, 0.29) is 11.8 Å². The van der Waals surface area contributed by atoms with Crippen molar-refractivity contribution in [2.75, 3.05) is 13.3 Å². The van der Waals surface area contributed by atoms with E-state index < -0.39 is 16.0 Å². The SMILES string of the molecule is CN1C2CCC1CC(OC(=O)c1nn(S(C)(=O)=O)c3ccccc13)C2. The minimum absolute atomic E-state index is 0.0623. The summed E-state index contributed by atoms with van der Waals surface area (Å²) in [7, 11) is -1.47. The molecule has 2 fully saturated rings. The molecule has 2 saturated heterocycles. The fourth-order valence-electron chi connectivity index (χ4n) is 4.11. The van der Waals surface area contributed by atoms with Crippen molar-refractivity contribution in [1.29, 1.82) is 0 Å². The van der Waals surface area contributed by atoms with Crippen molar-refractivity contribution in [3.8, 4) is 0 Å². The Labute approximate surface area is 146 Å². The zero-order valence-corrected chi connectivity index (χ0v) is 15.1. The standard InChI is InChI=1S/C17H21N3O4S/c1-19-11-7-8-12(19)10-13(9-11)24-17(21)16-14-5-3-4-6-15(14)20(18-16)25(2,22)23/h3-6,11-13H,7-10H2,1-2H3. The topological polar surface area (TPSA) is 81.5 Å². The largest absolute Gasteiger partial charge is 0.457 e. The van der Waals surface area contributed by atoms with Crippen LogP contribution in [0.1, 0.15) is 36.2 Å². The van der Waals surface area contributed by atoms with Crippen LogP contribution in [0.5, 0.6) is 0 Å². The fourth-order valence-corrected chi connectivity index (χ4v) is 4.85. The Bertz CT molecular complexity index is 923. The molecule has 1 aromatic heterocycles. The third-order valence-corrected chi connectivity index (χ3v) is 6.30. The first-order valence-corrected chi connectivity index (χ1v) is 10.3. The monoisotopic (exact) mass is 363 g/mol. The molecule has 0 saturated carbocycles. The van der Waals surface area contributed by atoms with Crippen LogP contribution >= 0.6 is 0 Å². The second kappa shape index (κ2) is 5.81. The number of carbonyl (C=O) groups excluding carboxylic acids is 1. The molecule has 2 aliphatic heterocycles. The van der Waals surface area contributed by atoms with E-state index in [1.165, 1.54) is 0 Å². The maximum absolute atomic E-state index is 12.7. The number of fused-ring (bicyclic) bond motifs is 3. The Morgan fingerprint density at radius 3 is 2.48 bits per heavy atom. The number of hydrogen-bond acceptors (Lipinski definition) is 6. The summed E-state index contributed by atoms with van der Waals surface area (Å²) in [6, 6.07) is 7.72. The highest BCUT2D eigenvalue weighted by molar-refractivity contribution is 7.89. The van der Waals surface area contributed by atoms with E-state index in [2.05, 4.69) is 17.0 Å². The first kappa shape index (κ1) is 16.5. The average molecular weight is 363 g/mol.